The molecule has 2 amide bonds. The molecule has 5 nitrogen and oxygen atoms in total. The molecule has 20 heavy (non-hydrogen) atoms. The number of hydrogen-bond acceptors (Lipinski definition) is 3. The maximum absolute atomic E-state index is 12.6. The minimum Gasteiger partial charge on any atom is -0.377 e. The third kappa shape index (κ3) is 3.32. The quantitative estimate of drug-likeness (QED) is 0.795. The summed E-state index contributed by atoms with van der Waals surface area (Å²) >= 11 is 0. The molecule has 1 heterocycles. The van der Waals surface area contributed by atoms with Gasteiger partial charge in [-0.05, 0) is 38.5 Å². The second-order valence-electron chi connectivity index (χ2n) is 6.46. The molecule has 2 unspecified atom stereocenters. The van der Waals surface area contributed by atoms with Crippen LogP contribution >= 0.6 is 0 Å². The van der Waals surface area contributed by atoms with E-state index in [0.717, 1.165) is 12.8 Å². The number of nitrogens with one attached hydrogen (secondary N) is 1. The van der Waals surface area contributed by atoms with Gasteiger partial charge in [0.1, 0.15) is 12.1 Å². The Morgan fingerprint density at radius 3 is 2.40 bits per heavy atom. The van der Waals surface area contributed by atoms with Crippen molar-refractivity contribution in [1.29, 1.82) is 0 Å². The zero-order chi connectivity index (χ0) is 14.9. The summed E-state index contributed by atoms with van der Waals surface area (Å²) in [5, 5.41) is 2.92. The summed E-state index contributed by atoms with van der Waals surface area (Å²) in [6.07, 6.45) is 2.22. The third-order valence-electron chi connectivity index (χ3n) is 3.96. The summed E-state index contributed by atoms with van der Waals surface area (Å²) < 4.78 is 5.54. The zero-order valence-electron chi connectivity index (χ0n) is 12.9. The second-order valence-corrected chi connectivity index (χ2v) is 6.46. The Morgan fingerprint density at radius 1 is 1.25 bits per heavy atom. The van der Waals surface area contributed by atoms with Crippen LogP contribution in [0.4, 0.5) is 0 Å². The molecule has 0 aromatic carbocycles. The van der Waals surface area contributed by atoms with E-state index in [0.29, 0.717) is 19.1 Å². The van der Waals surface area contributed by atoms with Crippen LogP contribution in [0, 0.1) is 11.8 Å². The van der Waals surface area contributed by atoms with E-state index in [-0.39, 0.29) is 35.9 Å². The lowest BCUT2D eigenvalue weighted by atomic mass is 9.95. The highest BCUT2D eigenvalue weighted by Gasteiger charge is 2.47. The Hall–Kier alpha value is -1.10. The van der Waals surface area contributed by atoms with E-state index in [1.165, 1.54) is 0 Å². The largest absolute Gasteiger partial charge is 0.377 e. The molecule has 0 bridgehead atoms. The first kappa shape index (κ1) is 15.3. The van der Waals surface area contributed by atoms with Gasteiger partial charge in [0.05, 0.1) is 12.7 Å². The van der Waals surface area contributed by atoms with Crippen LogP contribution in [0.5, 0.6) is 0 Å². The van der Waals surface area contributed by atoms with Crippen LogP contribution in [-0.4, -0.2) is 48.1 Å². The number of piperazine rings is 1. The summed E-state index contributed by atoms with van der Waals surface area (Å²) in [4.78, 5) is 26.6. The fourth-order valence-corrected chi connectivity index (χ4v) is 2.81. The molecular formula is C15H26N2O3. The second kappa shape index (κ2) is 6.12. The van der Waals surface area contributed by atoms with Crippen LogP contribution in [0.25, 0.3) is 0 Å². The Labute approximate surface area is 121 Å². The molecule has 0 spiro atoms. The van der Waals surface area contributed by atoms with Gasteiger partial charge in [0, 0.05) is 6.54 Å². The Bertz CT molecular complexity index is 377. The van der Waals surface area contributed by atoms with Gasteiger partial charge in [-0.1, -0.05) is 13.8 Å². The Kier molecular flexibility index (Phi) is 4.68. The number of ether oxygens (including phenoxy) is 1. The average Bonchev–Trinajstić information content (AvgIpc) is 3.16. The number of nitrogens with zero attached hydrogens (tertiary/aromatic N) is 1. The van der Waals surface area contributed by atoms with Gasteiger partial charge in [-0.3, -0.25) is 9.59 Å². The molecule has 1 saturated carbocycles. The van der Waals surface area contributed by atoms with E-state index in [4.69, 9.17) is 4.74 Å². The highest BCUT2D eigenvalue weighted by molar-refractivity contribution is 5.97. The molecule has 1 saturated heterocycles. The maximum atomic E-state index is 12.6. The van der Waals surface area contributed by atoms with Crippen molar-refractivity contribution in [3.05, 3.63) is 0 Å². The van der Waals surface area contributed by atoms with Gasteiger partial charge in [0.2, 0.25) is 11.8 Å². The van der Waals surface area contributed by atoms with Crippen LogP contribution in [-0.2, 0) is 14.3 Å². The number of amides is 2. The van der Waals surface area contributed by atoms with Gasteiger partial charge < -0.3 is 15.0 Å². The number of hydrogen-bond donors (Lipinski definition) is 1. The monoisotopic (exact) mass is 282 g/mol. The van der Waals surface area contributed by atoms with Crippen LogP contribution in [0.2, 0.25) is 0 Å². The summed E-state index contributed by atoms with van der Waals surface area (Å²) in [5.74, 6) is 0.505. The van der Waals surface area contributed by atoms with Gasteiger partial charge >= 0.3 is 0 Å². The van der Waals surface area contributed by atoms with E-state index < -0.39 is 0 Å². The molecule has 1 aliphatic carbocycles. The molecular weight excluding hydrogens is 256 g/mol. The van der Waals surface area contributed by atoms with Crippen molar-refractivity contribution in [3.63, 3.8) is 0 Å². The number of rotatable bonds is 6. The summed E-state index contributed by atoms with van der Waals surface area (Å²) in [5.41, 5.74) is 0. The van der Waals surface area contributed by atoms with Crippen molar-refractivity contribution < 1.29 is 14.3 Å². The third-order valence-corrected chi connectivity index (χ3v) is 3.96. The molecule has 2 aliphatic rings. The smallest absolute Gasteiger partial charge is 0.246 e. The number of carbonyl (C=O) groups is 2. The fourth-order valence-electron chi connectivity index (χ4n) is 2.81. The van der Waals surface area contributed by atoms with Crippen molar-refractivity contribution in [2.24, 2.45) is 11.8 Å². The molecule has 1 N–H and O–H groups in total. The van der Waals surface area contributed by atoms with Crippen molar-refractivity contribution in [2.75, 3.05) is 13.2 Å². The highest BCUT2D eigenvalue weighted by atomic mass is 16.5. The first-order valence-corrected chi connectivity index (χ1v) is 7.64. The standard InChI is InChI=1S/C15H26N2O3/c1-9(2)13-14(18)16-12(11-5-6-11)15(19)17(13)7-8-20-10(3)4/h9-13H,5-8H2,1-4H3,(H,16,18). The number of carbonyl (C=O) groups excluding carboxylic acids is 2. The maximum Gasteiger partial charge on any atom is 0.246 e. The lowest BCUT2D eigenvalue weighted by molar-refractivity contribution is -0.152. The topological polar surface area (TPSA) is 58.6 Å². The van der Waals surface area contributed by atoms with Crippen LogP contribution in [0.3, 0.4) is 0 Å². The van der Waals surface area contributed by atoms with Crippen molar-refractivity contribution >= 4 is 11.8 Å². The normalized spacial score (nSPS) is 27.4. The summed E-state index contributed by atoms with van der Waals surface area (Å²) in [6.45, 7) is 8.87. The van der Waals surface area contributed by atoms with E-state index in [2.05, 4.69) is 5.32 Å². The molecule has 114 valence electrons. The fraction of sp³-hybridized carbons (Fsp3) is 0.867. The lowest BCUT2D eigenvalue weighted by Gasteiger charge is -2.41. The van der Waals surface area contributed by atoms with Crippen molar-refractivity contribution in [3.8, 4) is 0 Å². The lowest BCUT2D eigenvalue weighted by Crippen LogP contribution is -2.65. The molecule has 5 heteroatoms. The van der Waals surface area contributed by atoms with E-state index in [9.17, 15) is 9.59 Å². The zero-order valence-corrected chi connectivity index (χ0v) is 12.9. The van der Waals surface area contributed by atoms with Gasteiger partial charge in [-0.2, -0.15) is 0 Å². The molecule has 2 atom stereocenters. The molecule has 0 aromatic rings. The Balaban J connectivity index is 2.06. The molecule has 2 rings (SSSR count). The predicted octanol–water partition coefficient (Wildman–Crippen LogP) is 1.17. The molecule has 1 aliphatic heterocycles. The SMILES string of the molecule is CC(C)OCCN1C(=O)C(C2CC2)NC(=O)C1C(C)C. The minimum absolute atomic E-state index is 0.0129. The average molecular weight is 282 g/mol. The Morgan fingerprint density at radius 2 is 1.90 bits per heavy atom. The molecule has 2 fully saturated rings. The van der Waals surface area contributed by atoms with Crippen molar-refractivity contribution in [2.45, 2.75) is 58.7 Å². The van der Waals surface area contributed by atoms with E-state index in [1.807, 2.05) is 27.7 Å². The van der Waals surface area contributed by atoms with Gasteiger partial charge in [0.25, 0.3) is 0 Å². The summed E-state index contributed by atoms with van der Waals surface area (Å²) in [7, 11) is 0. The van der Waals surface area contributed by atoms with Crippen LogP contribution in [0.1, 0.15) is 40.5 Å². The molecule has 0 aromatic heterocycles. The molecule has 0 radical (unpaired) electrons. The summed E-state index contributed by atoms with van der Waals surface area (Å²) in [6, 6.07) is -0.676. The first-order chi connectivity index (χ1) is 9.41. The first-order valence-electron chi connectivity index (χ1n) is 7.64. The van der Waals surface area contributed by atoms with Gasteiger partial charge in [-0.15, -0.1) is 0 Å². The van der Waals surface area contributed by atoms with Crippen molar-refractivity contribution in [1.82, 2.24) is 10.2 Å². The van der Waals surface area contributed by atoms with E-state index >= 15 is 0 Å². The predicted molar refractivity (Wildman–Crippen MR) is 76.1 cm³/mol. The minimum atomic E-state index is -0.367. The van der Waals surface area contributed by atoms with E-state index in [1.54, 1.807) is 4.90 Å². The van der Waals surface area contributed by atoms with Gasteiger partial charge in [0.15, 0.2) is 0 Å². The van der Waals surface area contributed by atoms with Crippen LogP contribution in [0.15, 0.2) is 0 Å². The van der Waals surface area contributed by atoms with Crippen LogP contribution < -0.4 is 5.32 Å². The van der Waals surface area contributed by atoms with Gasteiger partial charge in [-0.25, -0.2) is 0 Å². The highest BCUT2D eigenvalue weighted by Crippen LogP contribution is 2.35.